The van der Waals surface area contributed by atoms with Crippen LogP contribution in [0.4, 0.5) is 4.79 Å². The first-order valence-corrected chi connectivity index (χ1v) is 11.4. The molecule has 33 heavy (non-hydrogen) atoms. The van der Waals surface area contributed by atoms with Gasteiger partial charge in [-0.2, -0.15) is 0 Å². The lowest BCUT2D eigenvalue weighted by atomic mass is 9.86. The summed E-state index contributed by atoms with van der Waals surface area (Å²) in [7, 11) is 0. The second kappa shape index (κ2) is 10.7. The molecule has 10 nitrogen and oxygen atoms in total. The first kappa shape index (κ1) is 24.6. The number of likely N-dealkylation sites (tertiary alicyclic amines) is 2. The average molecular weight is 465 g/mol. The fraction of sp³-hybridized carbons (Fsp3) is 0.652. The van der Waals surface area contributed by atoms with E-state index >= 15 is 0 Å². The number of carbonyl (C=O) groups excluding carboxylic acids is 4. The number of hydrogen-bond donors (Lipinski definition) is 0. The molecule has 182 valence electrons. The Bertz CT molecular complexity index is 855. The molecule has 3 rings (SSSR count). The summed E-state index contributed by atoms with van der Waals surface area (Å²) in [5.74, 6) is -1.61. The fourth-order valence-corrected chi connectivity index (χ4v) is 4.90. The van der Waals surface area contributed by atoms with Gasteiger partial charge in [0.25, 0.3) is 0 Å². The van der Waals surface area contributed by atoms with Crippen molar-refractivity contribution in [2.75, 3.05) is 32.9 Å². The summed E-state index contributed by atoms with van der Waals surface area (Å²) in [6, 6.07) is 2.52. The van der Waals surface area contributed by atoms with Crippen LogP contribution in [0.25, 0.3) is 0 Å². The third-order valence-electron chi connectivity index (χ3n) is 6.19. The van der Waals surface area contributed by atoms with Crippen LogP contribution in [0.3, 0.4) is 0 Å². The molecular formula is C23H32N2O8. The Morgan fingerprint density at radius 2 is 1.91 bits per heavy atom. The molecule has 0 aromatic carbocycles. The predicted molar refractivity (Wildman–Crippen MR) is 115 cm³/mol. The zero-order valence-electron chi connectivity index (χ0n) is 19.4. The van der Waals surface area contributed by atoms with E-state index in [0.717, 1.165) is 6.42 Å². The lowest BCUT2D eigenvalue weighted by Gasteiger charge is -2.40. The van der Waals surface area contributed by atoms with Gasteiger partial charge in [0, 0.05) is 13.5 Å². The minimum Gasteiger partial charge on any atom is -0.467 e. The molecule has 0 saturated carbocycles. The molecule has 2 fully saturated rings. The molecule has 0 aliphatic carbocycles. The minimum atomic E-state index is -1.30. The third kappa shape index (κ3) is 4.99. The number of ether oxygens (including phenoxy) is 3. The number of rotatable bonds is 7. The summed E-state index contributed by atoms with van der Waals surface area (Å²) in [5.41, 5.74) is -1.30. The molecular weight excluding hydrogens is 432 g/mol. The Hall–Kier alpha value is -3.04. The van der Waals surface area contributed by atoms with Gasteiger partial charge in [0.05, 0.1) is 31.9 Å². The number of furan rings is 1. The normalized spacial score (nSPS) is 25.1. The van der Waals surface area contributed by atoms with E-state index in [0.29, 0.717) is 25.1 Å². The molecule has 3 heterocycles. The van der Waals surface area contributed by atoms with E-state index in [9.17, 15) is 19.2 Å². The van der Waals surface area contributed by atoms with Crippen LogP contribution in [-0.4, -0.2) is 72.2 Å². The molecule has 0 radical (unpaired) electrons. The van der Waals surface area contributed by atoms with Gasteiger partial charge in [-0.05, 0) is 51.7 Å². The molecule has 3 atom stereocenters. The smallest absolute Gasteiger partial charge is 0.411 e. The summed E-state index contributed by atoms with van der Waals surface area (Å²) in [6.07, 6.45) is 2.65. The fourth-order valence-electron chi connectivity index (χ4n) is 4.90. The molecule has 2 saturated heterocycles. The average Bonchev–Trinajstić information content (AvgIpc) is 3.38. The van der Waals surface area contributed by atoms with Gasteiger partial charge in [-0.3, -0.25) is 19.3 Å². The third-order valence-corrected chi connectivity index (χ3v) is 6.19. The molecule has 0 bridgehead atoms. The number of hydrogen-bond acceptors (Lipinski definition) is 8. The van der Waals surface area contributed by atoms with Crippen molar-refractivity contribution in [1.82, 2.24) is 9.80 Å². The van der Waals surface area contributed by atoms with Crippen LogP contribution in [0.1, 0.15) is 58.3 Å². The van der Waals surface area contributed by atoms with Gasteiger partial charge in [0.1, 0.15) is 23.9 Å². The van der Waals surface area contributed by atoms with Gasteiger partial charge < -0.3 is 23.5 Å². The molecule has 0 N–H and O–H groups in total. The highest BCUT2D eigenvalue weighted by atomic mass is 16.6. The Kier molecular flexibility index (Phi) is 7.99. The van der Waals surface area contributed by atoms with Crippen LogP contribution in [0, 0.1) is 5.92 Å². The van der Waals surface area contributed by atoms with E-state index < -0.39 is 35.5 Å². The van der Waals surface area contributed by atoms with Gasteiger partial charge in [0.15, 0.2) is 0 Å². The number of carbonyl (C=O) groups is 4. The Balaban J connectivity index is 2.05. The number of amides is 2. The summed E-state index contributed by atoms with van der Waals surface area (Å²) < 4.78 is 21.3. The maximum atomic E-state index is 14.0. The molecule has 2 amide bonds. The Morgan fingerprint density at radius 3 is 2.55 bits per heavy atom. The van der Waals surface area contributed by atoms with E-state index in [1.165, 1.54) is 18.1 Å². The van der Waals surface area contributed by atoms with E-state index in [1.807, 2.05) is 0 Å². The van der Waals surface area contributed by atoms with Crippen LogP contribution >= 0.6 is 0 Å². The molecule has 1 aromatic rings. The molecule has 10 heteroatoms. The van der Waals surface area contributed by atoms with Crippen LogP contribution in [-0.2, 0) is 28.6 Å². The van der Waals surface area contributed by atoms with Crippen molar-refractivity contribution in [2.24, 2.45) is 5.92 Å². The quantitative estimate of drug-likeness (QED) is 0.447. The largest absolute Gasteiger partial charge is 0.467 e. The van der Waals surface area contributed by atoms with Crippen molar-refractivity contribution < 1.29 is 37.8 Å². The summed E-state index contributed by atoms with van der Waals surface area (Å²) in [4.78, 5) is 54.4. The zero-order chi connectivity index (χ0) is 24.0. The van der Waals surface area contributed by atoms with Gasteiger partial charge in [0.2, 0.25) is 5.91 Å². The van der Waals surface area contributed by atoms with Crippen LogP contribution < -0.4 is 0 Å². The van der Waals surface area contributed by atoms with Crippen molar-refractivity contribution in [1.29, 1.82) is 0 Å². The maximum absolute atomic E-state index is 14.0. The standard InChI is InChI=1S/C23H32N2O8/c1-4-30-20(27)17-15-23(10-6-7-11-24(21(23)28)12-14-32-16(3)26)25(22(29)31-5-2)19(17)18-9-8-13-33-18/h8-9,13,17,19H,4-7,10-12,14-15H2,1-3H3/t17-,19+,23-/m0/s1. The van der Waals surface area contributed by atoms with Gasteiger partial charge in [-0.1, -0.05) is 0 Å². The molecule has 0 unspecified atom stereocenters. The van der Waals surface area contributed by atoms with E-state index in [2.05, 4.69) is 0 Å². The first-order valence-electron chi connectivity index (χ1n) is 11.4. The second-order valence-corrected chi connectivity index (χ2v) is 8.21. The number of esters is 2. The van der Waals surface area contributed by atoms with Crippen molar-refractivity contribution >= 4 is 23.9 Å². The highest BCUT2D eigenvalue weighted by Crippen LogP contribution is 2.51. The lowest BCUT2D eigenvalue weighted by molar-refractivity contribution is -0.149. The number of nitrogens with zero attached hydrogens (tertiary/aromatic N) is 2. The van der Waals surface area contributed by atoms with Gasteiger partial charge in [-0.25, -0.2) is 4.79 Å². The van der Waals surface area contributed by atoms with E-state index in [-0.39, 0.29) is 38.7 Å². The van der Waals surface area contributed by atoms with Crippen LogP contribution in [0.2, 0.25) is 0 Å². The highest BCUT2D eigenvalue weighted by molar-refractivity contribution is 5.93. The summed E-state index contributed by atoms with van der Waals surface area (Å²) in [6.45, 7) is 5.72. The predicted octanol–water partition coefficient (Wildman–Crippen LogP) is 2.68. The van der Waals surface area contributed by atoms with E-state index in [4.69, 9.17) is 18.6 Å². The van der Waals surface area contributed by atoms with Crippen molar-refractivity contribution in [3.8, 4) is 0 Å². The minimum absolute atomic E-state index is 0.0550. The summed E-state index contributed by atoms with van der Waals surface area (Å²) >= 11 is 0. The first-order chi connectivity index (χ1) is 15.9. The van der Waals surface area contributed by atoms with Crippen LogP contribution in [0.5, 0.6) is 0 Å². The van der Waals surface area contributed by atoms with Crippen molar-refractivity contribution in [2.45, 2.75) is 58.0 Å². The topological polar surface area (TPSA) is 116 Å². The maximum Gasteiger partial charge on any atom is 0.411 e. The van der Waals surface area contributed by atoms with Gasteiger partial charge >= 0.3 is 18.0 Å². The molecule has 1 aromatic heterocycles. The van der Waals surface area contributed by atoms with Crippen molar-refractivity contribution in [3.63, 3.8) is 0 Å². The monoisotopic (exact) mass is 464 g/mol. The highest BCUT2D eigenvalue weighted by Gasteiger charge is 2.63. The second-order valence-electron chi connectivity index (χ2n) is 8.21. The molecule has 2 aliphatic heterocycles. The summed E-state index contributed by atoms with van der Waals surface area (Å²) in [5, 5.41) is 0. The Labute approximate surface area is 193 Å². The zero-order valence-corrected chi connectivity index (χ0v) is 19.4. The molecule has 1 spiro atoms. The lowest BCUT2D eigenvalue weighted by Crippen LogP contribution is -2.58. The van der Waals surface area contributed by atoms with Crippen LogP contribution in [0.15, 0.2) is 22.8 Å². The van der Waals surface area contributed by atoms with E-state index in [1.54, 1.807) is 30.9 Å². The molecule has 2 aliphatic rings. The van der Waals surface area contributed by atoms with Gasteiger partial charge in [-0.15, -0.1) is 0 Å². The van der Waals surface area contributed by atoms with Crippen molar-refractivity contribution in [3.05, 3.63) is 24.2 Å². The Morgan fingerprint density at radius 1 is 1.15 bits per heavy atom. The SMILES string of the molecule is CCOC(=O)[C@H]1C[C@]2(CCCCN(CCOC(C)=O)C2=O)N(C(=O)OCC)[C@H]1c1ccco1.